The van der Waals surface area contributed by atoms with Gasteiger partial charge < -0.3 is 15.1 Å². The van der Waals surface area contributed by atoms with Gasteiger partial charge in [-0.1, -0.05) is 0 Å². The van der Waals surface area contributed by atoms with Crippen molar-refractivity contribution < 1.29 is 0 Å². The SMILES string of the molecule is CN(C)CCCC(CC#N)NC(CC#N)CCCN(C)C. The number of hydrogen-bond acceptors (Lipinski definition) is 5. The molecule has 0 aliphatic rings. The van der Waals surface area contributed by atoms with Gasteiger partial charge in [-0.05, 0) is 67.0 Å². The van der Waals surface area contributed by atoms with E-state index in [0.717, 1.165) is 38.8 Å². The largest absolute Gasteiger partial charge is 0.309 e. The van der Waals surface area contributed by atoms with E-state index in [0.29, 0.717) is 12.8 Å². The summed E-state index contributed by atoms with van der Waals surface area (Å²) in [6.45, 7) is 2.07. The fraction of sp³-hybridized carbons (Fsp3) is 0.875. The predicted molar refractivity (Wildman–Crippen MR) is 86.7 cm³/mol. The minimum absolute atomic E-state index is 0.202. The van der Waals surface area contributed by atoms with Crippen LogP contribution in [-0.2, 0) is 0 Å². The zero-order valence-corrected chi connectivity index (χ0v) is 14.1. The Balaban J connectivity index is 4.24. The first-order valence-corrected chi connectivity index (χ1v) is 7.79. The number of nitriles is 2. The molecule has 0 radical (unpaired) electrons. The van der Waals surface area contributed by atoms with Crippen LogP contribution >= 0.6 is 0 Å². The summed E-state index contributed by atoms with van der Waals surface area (Å²) in [7, 11) is 8.25. The Morgan fingerprint density at radius 3 is 1.48 bits per heavy atom. The Morgan fingerprint density at radius 1 is 0.810 bits per heavy atom. The minimum Gasteiger partial charge on any atom is -0.309 e. The average molecular weight is 293 g/mol. The summed E-state index contributed by atoms with van der Waals surface area (Å²) >= 11 is 0. The first kappa shape index (κ1) is 19.9. The molecule has 5 heteroatoms. The normalized spacial score (nSPS) is 13.9. The van der Waals surface area contributed by atoms with Crippen molar-refractivity contribution in [3.8, 4) is 12.1 Å². The van der Waals surface area contributed by atoms with E-state index in [1.165, 1.54) is 0 Å². The van der Waals surface area contributed by atoms with Gasteiger partial charge in [-0.15, -0.1) is 0 Å². The Hall–Kier alpha value is -1.14. The van der Waals surface area contributed by atoms with Crippen molar-refractivity contribution in [2.45, 2.75) is 50.6 Å². The second kappa shape index (κ2) is 12.6. The topological polar surface area (TPSA) is 66.1 Å². The lowest BCUT2D eigenvalue weighted by molar-refractivity contribution is 0.332. The molecule has 0 aromatic heterocycles. The maximum atomic E-state index is 8.96. The molecule has 0 aromatic carbocycles. The van der Waals surface area contributed by atoms with Crippen molar-refractivity contribution >= 4 is 0 Å². The van der Waals surface area contributed by atoms with Gasteiger partial charge in [0.2, 0.25) is 0 Å². The molecular weight excluding hydrogens is 262 g/mol. The number of nitrogens with one attached hydrogen (secondary N) is 1. The Bertz CT molecular complexity index is 295. The fourth-order valence-electron chi connectivity index (χ4n) is 2.35. The molecule has 0 saturated carbocycles. The molecular formula is C16H31N5. The highest BCUT2D eigenvalue weighted by atomic mass is 15.1. The zero-order chi connectivity index (χ0) is 16.1. The molecule has 1 N–H and O–H groups in total. The van der Waals surface area contributed by atoms with Crippen molar-refractivity contribution in [1.82, 2.24) is 15.1 Å². The van der Waals surface area contributed by atoms with Crippen LogP contribution in [0.5, 0.6) is 0 Å². The van der Waals surface area contributed by atoms with Crippen LogP contribution in [0.15, 0.2) is 0 Å². The maximum Gasteiger partial charge on any atom is 0.0638 e. The van der Waals surface area contributed by atoms with Gasteiger partial charge in [0, 0.05) is 12.1 Å². The smallest absolute Gasteiger partial charge is 0.0638 e. The summed E-state index contributed by atoms with van der Waals surface area (Å²) in [6, 6.07) is 4.92. The monoisotopic (exact) mass is 293 g/mol. The molecule has 21 heavy (non-hydrogen) atoms. The predicted octanol–water partition coefficient (Wildman–Crippen LogP) is 1.82. The molecule has 120 valence electrons. The molecule has 0 amide bonds. The van der Waals surface area contributed by atoms with Crippen molar-refractivity contribution in [2.75, 3.05) is 41.3 Å². The average Bonchev–Trinajstić information content (AvgIpc) is 2.38. The molecule has 0 saturated heterocycles. The van der Waals surface area contributed by atoms with Crippen LogP contribution in [0, 0.1) is 22.7 Å². The van der Waals surface area contributed by atoms with Gasteiger partial charge >= 0.3 is 0 Å². The molecule has 0 bridgehead atoms. The van der Waals surface area contributed by atoms with Gasteiger partial charge in [0.15, 0.2) is 0 Å². The van der Waals surface area contributed by atoms with E-state index < -0.39 is 0 Å². The van der Waals surface area contributed by atoms with Crippen molar-refractivity contribution in [1.29, 1.82) is 10.5 Å². The van der Waals surface area contributed by atoms with Crippen LogP contribution in [-0.4, -0.2) is 63.2 Å². The van der Waals surface area contributed by atoms with Crippen LogP contribution in [0.2, 0.25) is 0 Å². The van der Waals surface area contributed by atoms with E-state index in [1.54, 1.807) is 0 Å². The molecule has 0 aromatic rings. The van der Waals surface area contributed by atoms with Gasteiger partial charge in [-0.25, -0.2) is 0 Å². The molecule has 0 rings (SSSR count). The third kappa shape index (κ3) is 12.3. The van der Waals surface area contributed by atoms with E-state index in [9.17, 15) is 0 Å². The molecule has 0 heterocycles. The Kier molecular flexibility index (Phi) is 11.9. The molecule has 0 spiro atoms. The van der Waals surface area contributed by atoms with Crippen LogP contribution in [0.4, 0.5) is 0 Å². The molecule has 0 aliphatic carbocycles. The number of hydrogen-bond donors (Lipinski definition) is 1. The lowest BCUT2D eigenvalue weighted by Crippen LogP contribution is -2.39. The van der Waals surface area contributed by atoms with Crippen LogP contribution in [0.1, 0.15) is 38.5 Å². The lowest BCUT2D eigenvalue weighted by atomic mass is 10.0. The fourth-order valence-corrected chi connectivity index (χ4v) is 2.35. The Labute approximate surface area is 130 Å². The van der Waals surface area contributed by atoms with Gasteiger partial charge in [0.05, 0.1) is 25.0 Å². The highest BCUT2D eigenvalue weighted by molar-refractivity contribution is 4.87. The van der Waals surface area contributed by atoms with Gasteiger partial charge in [-0.2, -0.15) is 10.5 Å². The first-order chi connectivity index (χ1) is 9.99. The summed E-state index contributed by atoms with van der Waals surface area (Å²) in [5, 5.41) is 21.5. The standard InChI is InChI=1S/C16H31N5/c1-20(2)13-5-7-15(9-11-17)19-16(10-12-18)8-6-14-21(3)4/h15-16,19H,5-10,13-14H2,1-4H3. The van der Waals surface area contributed by atoms with E-state index in [-0.39, 0.29) is 12.1 Å². The van der Waals surface area contributed by atoms with E-state index in [2.05, 4.69) is 55.4 Å². The summed E-state index contributed by atoms with van der Waals surface area (Å²) in [5.74, 6) is 0. The second-order valence-electron chi connectivity index (χ2n) is 6.18. The first-order valence-electron chi connectivity index (χ1n) is 7.79. The summed E-state index contributed by atoms with van der Waals surface area (Å²) in [6.07, 6.45) is 5.15. The molecule has 2 atom stereocenters. The highest BCUT2D eigenvalue weighted by Gasteiger charge is 2.15. The highest BCUT2D eigenvalue weighted by Crippen LogP contribution is 2.09. The molecule has 5 nitrogen and oxygen atoms in total. The number of nitrogens with zero attached hydrogens (tertiary/aromatic N) is 4. The molecule has 0 aliphatic heterocycles. The van der Waals surface area contributed by atoms with Crippen LogP contribution in [0.3, 0.4) is 0 Å². The Morgan fingerprint density at radius 2 is 1.19 bits per heavy atom. The van der Waals surface area contributed by atoms with E-state index in [1.807, 2.05) is 0 Å². The van der Waals surface area contributed by atoms with E-state index >= 15 is 0 Å². The second-order valence-corrected chi connectivity index (χ2v) is 6.18. The van der Waals surface area contributed by atoms with E-state index in [4.69, 9.17) is 10.5 Å². The third-order valence-electron chi connectivity index (χ3n) is 3.46. The summed E-state index contributed by atoms with van der Waals surface area (Å²) in [5.41, 5.74) is 0. The zero-order valence-electron chi connectivity index (χ0n) is 14.1. The molecule has 2 unspecified atom stereocenters. The van der Waals surface area contributed by atoms with Crippen LogP contribution in [0.25, 0.3) is 0 Å². The number of rotatable bonds is 12. The van der Waals surface area contributed by atoms with Crippen molar-refractivity contribution in [2.24, 2.45) is 0 Å². The van der Waals surface area contributed by atoms with Crippen LogP contribution < -0.4 is 5.32 Å². The quantitative estimate of drug-likeness (QED) is 0.594. The third-order valence-corrected chi connectivity index (χ3v) is 3.46. The molecule has 0 fully saturated rings. The minimum atomic E-state index is 0.202. The van der Waals surface area contributed by atoms with Crippen molar-refractivity contribution in [3.63, 3.8) is 0 Å². The lowest BCUT2D eigenvalue weighted by Gasteiger charge is -2.24. The van der Waals surface area contributed by atoms with Gasteiger partial charge in [0.25, 0.3) is 0 Å². The summed E-state index contributed by atoms with van der Waals surface area (Å²) < 4.78 is 0. The maximum absolute atomic E-state index is 8.96. The van der Waals surface area contributed by atoms with Crippen molar-refractivity contribution in [3.05, 3.63) is 0 Å². The summed E-state index contributed by atoms with van der Waals surface area (Å²) in [4.78, 5) is 4.32. The van der Waals surface area contributed by atoms with Gasteiger partial charge in [-0.3, -0.25) is 0 Å². The van der Waals surface area contributed by atoms with Gasteiger partial charge in [0.1, 0.15) is 0 Å².